The minimum Gasteiger partial charge on any atom is -0.142 e. The summed E-state index contributed by atoms with van der Waals surface area (Å²) in [5, 5.41) is 0.340. The van der Waals surface area contributed by atoms with Crippen LogP contribution in [0.2, 0.25) is 0 Å². The van der Waals surface area contributed by atoms with E-state index in [2.05, 4.69) is 26.0 Å². The quantitative estimate of drug-likeness (QED) is 0.468. The molecule has 0 radical (unpaired) electrons. The van der Waals surface area contributed by atoms with Gasteiger partial charge in [-0.1, -0.05) is 39.5 Å². The van der Waals surface area contributed by atoms with Crippen LogP contribution >= 0.6 is 34.5 Å². The smallest absolute Gasteiger partial charge is 0.0678 e. The molecule has 0 saturated heterocycles. The lowest BCUT2D eigenvalue weighted by atomic mass is 10.1. The van der Waals surface area contributed by atoms with Gasteiger partial charge in [0, 0.05) is 9.75 Å². The molecule has 0 spiro atoms. The van der Waals surface area contributed by atoms with Crippen LogP contribution in [0.1, 0.15) is 72.9 Å². The van der Waals surface area contributed by atoms with E-state index in [-0.39, 0.29) is 10.8 Å². The van der Waals surface area contributed by atoms with E-state index in [0.717, 1.165) is 12.8 Å². The Morgan fingerprint density at radius 3 is 1.71 bits per heavy atom. The fourth-order valence-corrected chi connectivity index (χ4v) is 3.51. The third-order valence-electron chi connectivity index (χ3n) is 2.89. The zero-order valence-corrected chi connectivity index (χ0v) is 13.0. The van der Waals surface area contributed by atoms with Gasteiger partial charge in [0.2, 0.25) is 0 Å². The zero-order chi connectivity index (χ0) is 12.7. The molecule has 0 aromatic carbocycles. The summed E-state index contributed by atoms with van der Waals surface area (Å²) in [7, 11) is 0. The summed E-state index contributed by atoms with van der Waals surface area (Å²) in [6.45, 7) is 4.39. The highest BCUT2D eigenvalue weighted by atomic mass is 35.5. The van der Waals surface area contributed by atoms with Crippen LogP contribution < -0.4 is 0 Å². The third-order valence-corrected chi connectivity index (χ3v) is 5.37. The summed E-state index contributed by atoms with van der Waals surface area (Å²) in [6, 6.07) is 4.29. The second-order valence-corrected chi connectivity index (χ2v) is 6.66. The van der Waals surface area contributed by atoms with Crippen molar-refractivity contribution in [2.75, 3.05) is 0 Å². The van der Waals surface area contributed by atoms with Crippen molar-refractivity contribution in [2.45, 2.75) is 63.1 Å². The number of hydrogen-bond acceptors (Lipinski definition) is 1. The lowest BCUT2D eigenvalue weighted by molar-refractivity contribution is 0.706. The second-order valence-electron chi connectivity index (χ2n) is 4.46. The molecule has 0 aliphatic heterocycles. The standard InChI is InChI=1S/C14H22Cl2S/c1-3-5-7-11(15)13-9-10-14(17-13)12(16)8-6-4-2/h9-12H,3-8H2,1-2H3. The van der Waals surface area contributed by atoms with E-state index in [4.69, 9.17) is 23.2 Å². The van der Waals surface area contributed by atoms with Gasteiger partial charge in [0.15, 0.2) is 0 Å². The van der Waals surface area contributed by atoms with Crippen LogP contribution in [0.4, 0.5) is 0 Å². The molecule has 1 aromatic rings. The van der Waals surface area contributed by atoms with Crippen molar-refractivity contribution in [3.8, 4) is 0 Å². The van der Waals surface area contributed by atoms with E-state index >= 15 is 0 Å². The zero-order valence-electron chi connectivity index (χ0n) is 10.7. The summed E-state index contributed by atoms with van der Waals surface area (Å²) < 4.78 is 0. The van der Waals surface area contributed by atoms with Gasteiger partial charge in [-0.3, -0.25) is 0 Å². The first-order valence-electron chi connectivity index (χ1n) is 6.56. The van der Waals surface area contributed by atoms with Crippen LogP contribution in [-0.2, 0) is 0 Å². The Kier molecular flexibility index (Phi) is 7.57. The maximum atomic E-state index is 6.37. The molecular weight excluding hydrogens is 271 g/mol. The number of unbranched alkanes of at least 4 members (excludes halogenated alkanes) is 2. The van der Waals surface area contributed by atoms with Crippen molar-refractivity contribution in [3.63, 3.8) is 0 Å². The van der Waals surface area contributed by atoms with Crippen molar-refractivity contribution in [3.05, 3.63) is 21.9 Å². The summed E-state index contributed by atoms with van der Waals surface area (Å²) in [6.07, 6.45) is 6.94. The Hall–Kier alpha value is 0.280. The molecular formula is C14H22Cl2S. The van der Waals surface area contributed by atoms with Crippen LogP contribution in [0.5, 0.6) is 0 Å². The van der Waals surface area contributed by atoms with Crippen molar-refractivity contribution in [1.82, 2.24) is 0 Å². The molecule has 0 fully saturated rings. The molecule has 0 aliphatic carbocycles. The van der Waals surface area contributed by atoms with Crippen LogP contribution in [0.15, 0.2) is 12.1 Å². The highest BCUT2D eigenvalue weighted by Gasteiger charge is 2.14. The van der Waals surface area contributed by atoms with Crippen molar-refractivity contribution in [2.24, 2.45) is 0 Å². The second kappa shape index (κ2) is 8.39. The normalized spacial score (nSPS) is 14.8. The fourth-order valence-electron chi connectivity index (χ4n) is 1.76. The number of hydrogen-bond donors (Lipinski definition) is 0. The van der Waals surface area contributed by atoms with E-state index in [1.165, 1.54) is 35.4 Å². The Morgan fingerprint density at radius 2 is 1.35 bits per heavy atom. The lowest BCUT2D eigenvalue weighted by Crippen LogP contribution is -1.87. The molecule has 0 amide bonds. The van der Waals surface area contributed by atoms with Gasteiger partial charge < -0.3 is 0 Å². The predicted molar refractivity (Wildman–Crippen MR) is 80.6 cm³/mol. The molecule has 1 heterocycles. The lowest BCUT2D eigenvalue weighted by Gasteiger charge is -2.07. The largest absolute Gasteiger partial charge is 0.142 e. The molecule has 1 rings (SSSR count). The van der Waals surface area contributed by atoms with E-state index < -0.39 is 0 Å². The molecule has 2 unspecified atom stereocenters. The minimum atomic E-state index is 0.170. The Balaban J connectivity index is 2.51. The first kappa shape index (κ1) is 15.3. The fraction of sp³-hybridized carbons (Fsp3) is 0.714. The van der Waals surface area contributed by atoms with Gasteiger partial charge in [0.25, 0.3) is 0 Å². The van der Waals surface area contributed by atoms with E-state index in [1.54, 1.807) is 11.3 Å². The van der Waals surface area contributed by atoms with Crippen LogP contribution in [0, 0.1) is 0 Å². The van der Waals surface area contributed by atoms with Crippen LogP contribution in [-0.4, -0.2) is 0 Å². The van der Waals surface area contributed by atoms with Gasteiger partial charge >= 0.3 is 0 Å². The topological polar surface area (TPSA) is 0 Å². The summed E-state index contributed by atoms with van der Waals surface area (Å²) >= 11 is 14.5. The van der Waals surface area contributed by atoms with E-state index in [0.29, 0.717) is 0 Å². The molecule has 2 atom stereocenters. The SMILES string of the molecule is CCCCC(Cl)c1ccc(C(Cl)CCCC)s1. The average Bonchev–Trinajstić information content (AvgIpc) is 2.82. The van der Waals surface area contributed by atoms with Crippen molar-refractivity contribution >= 4 is 34.5 Å². The number of thiophene rings is 1. The van der Waals surface area contributed by atoms with E-state index in [9.17, 15) is 0 Å². The van der Waals surface area contributed by atoms with Gasteiger partial charge in [0.1, 0.15) is 0 Å². The highest BCUT2D eigenvalue weighted by Crippen LogP contribution is 2.37. The molecule has 98 valence electrons. The van der Waals surface area contributed by atoms with Gasteiger partial charge in [-0.25, -0.2) is 0 Å². The monoisotopic (exact) mass is 292 g/mol. The molecule has 0 aliphatic rings. The van der Waals surface area contributed by atoms with Crippen LogP contribution in [0.3, 0.4) is 0 Å². The van der Waals surface area contributed by atoms with Crippen molar-refractivity contribution in [1.29, 1.82) is 0 Å². The summed E-state index contributed by atoms with van der Waals surface area (Å²) in [5.74, 6) is 0. The Bertz CT molecular complexity index is 280. The molecule has 3 heteroatoms. The number of rotatable bonds is 8. The molecule has 0 nitrogen and oxygen atoms in total. The van der Waals surface area contributed by atoms with Crippen LogP contribution in [0.25, 0.3) is 0 Å². The maximum absolute atomic E-state index is 6.37. The molecule has 0 N–H and O–H groups in total. The molecule has 0 bridgehead atoms. The first-order chi connectivity index (χ1) is 8.19. The molecule has 1 aromatic heterocycles. The predicted octanol–water partition coefficient (Wildman–Crippen LogP) is 6.69. The van der Waals surface area contributed by atoms with Gasteiger partial charge in [-0.2, -0.15) is 0 Å². The Morgan fingerprint density at radius 1 is 0.941 bits per heavy atom. The molecule has 17 heavy (non-hydrogen) atoms. The first-order valence-corrected chi connectivity index (χ1v) is 8.25. The third kappa shape index (κ3) is 5.19. The summed E-state index contributed by atoms with van der Waals surface area (Å²) in [4.78, 5) is 2.55. The maximum Gasteiger partial charge on any atom is 0.0678 e. The Labute approximate surface area is 119 Å². The number of alkyl halides is 2. The number of halogens is 2. The van der Waals surface area contributed by atoms with Gasteiger partial charge in [0.05, 0.1) is 10.8 Å². The highest BCUT2D eigenvalue weighted by molar-refractivity contribution is 7.12. The molecule has 0 saturated carbocycles. The van der Waals surface area contributed by atoms with E-state index in [1.807, 2.05) is 0 Å². The van der Waals surface area contributed by atoms with Crippen molar-refractivity contribution < 1.29 is 0 Å². The minimum absolute atomic E-state index is 0.170. The van der Waals surface area contributed by atoms with Gasteiger partial charge in [-0.05, 0) is 25.0 Å². The van der Waals surface area contributed by atoms with Gasteiger partial charge in [-0.15, -0.1) is 34.5 Å². The summed E-state index contributed by atoms with van der Waals surface area (Å²) in [5.41, 5.74) is 0. The average molecular weight is 293 g/mol.